The van der Waals surface area contributed by atoms with Crippen molar-refractivity contribution in [2.75, 3.05) is 19.3 Å². The van der Waals surface area contributed by atoms with Crippen LogP contribution in [0.5, 0.6) is 0 Å². The number of hydrogen-bond acceptors (Lipinski definition) is 4. The number of hydrogen-bond donors (Lipinski definition) is 2. The summed E-state index contributed by atoms with van der Waals surface area (Å²) in [5, 5.41) is 2.99. The number of nitrogens with zero attached hydrogens (tertiary/aromatic N) is 1. The van der Waals surface area contributed by atoms with Gasteiger partial charge in [-0.05, 0) is 39.2 Å². The van der Waals surface area contributed by atoms with Crippen LogP contribution < -0.4 is 10.0 Å². The van der Waals surface area contributed by atoms with Gasteiger partial charge in [0.2, 0.25) is 15.9 Å². The number of likely N-dealkylation sites (tertiary alicyclic amines) is 1. The van der Waals surface area contributed by atoms with Crippen LogP contribution in [0.2, 0.25) is 0 Å². The van der Waals surface area contributed by atoms with Gasteiger partial charge in [-0.2, -0.15) is 0 Å². The average Bonchev–Trinajstić information content (AvgIpc) is 3.10. The summed E-state index contributed by atoms with van der Waals surface area (Å²) in [5.74, 6) is 0.0579. The van der Waals surface area contributed by atoms with Crippen molar-refractivity contribution in [3.8, 4) is 0 Å². The average molecular weight is 289 g/mol. The Hall–Kier alpha value is -0.660. The van der Waals surface area contributed by atoms with Crippen molar-refractivity contribution in [2.24, 2.45) is 0 Å². The third-order valence-electron chi connectivity index (χ3n) is 3.68. The predicted molar refractivity (Wildman–Crippen MR) is 73.2 cm³/mol. The topological polar surface area (TPSA) is 78.5 Å². The van der Waals surface area contributed by atoms with Crippen LogP contribution in [-0.4, -0.2) is 56.7 Å². The molecule has 2 rings (SSSR count). The lowest BCUT2D eigenvalue weighted by Gasteiger charge is -2.36. The SMILES string of the molecule is CC(C(=O)NC1CC1)N1CCCC(NS(C)(=O)=O)C1. The van der Waals surface area contributed by atoms with E-state index in [9.17, 15) is 13.2 Å². The van der Waals surface area contributed by atoms with Crippen LogP contribution in [0, 0.1) is 0 Å². The van der Waals surface area contributed by atoms with Crippen LogP contribution in [0.4, 0.5) is 0 Å². The maximum Gasteiger partial charge on any atom is 0.237 e. The summed E-state index contributed by atoms with van der Waals surface area (Å²) in [7, 11) is -3.18. The van der Waals surface area contributed by atoms with Gasteiger partial charge in [0.1, 0.15) is 0 Å². The summed E-state index contributed by atoms with van der Waals surface area (Å²) in [6.45, 7) is 3.34. The molecular formula is C12H23N3O3S. The van der Waals surface area contributed by atoms with E-state index in [0.29, 0.717) is 12.6 Å². The van der Waals surface area contributed by atoms with E-state index in [2.05, 4.69) is 14.9 Å². The summed E-state index contributed by atoms with van der Waals surface area (Å²) in [6.07, 6.45) is 5.08. The molecule has 19 heavy (non-hydrogen) atoms. The third kappa shape index (κ3) is 4.74. The van der Waals surface area contributed by atoms with Crippen LogP contribution in [0.1, 0.15) is 32.6 Å². The fourth-order valence-electron chi connectivity index (χ4n) is 2.47. The first-order valence-electron chi connectivity index (χ1n) is 6.87. The highest BCUT2D eigenvalue weighted by molar-refractivity contribution is 7.88. The minimum atomic E-state index is -3.18. The monoisotopic (exact) mass is 289 g/mol. The molecule has 2 N–H and O–H groups in total. The molecule has 2 aliphatic rings. The number of sulfonamides is 1. The molecule has 6 nitrogen and oxygen atoms in total. The van der Waals surface area contributed by atoms with Gasteiger partial charge in [0, 0.05) is 18.6 Å². The number of piperidine rings is 1. The second-order valence-corrected chi connectivity index (χ2v) is 7.46. The van der Waals surface area contributed by atoms with Gasteiger partial charge in [0.05, 0.1) is 12.3 Å². The number of carbonyl (C=O) groups is 1. The van der Waals surface area contributed by atoms with Crippen LogP contribution in [0.15, 0.2) is 0 Å². The lowest BCUT2D eigenvalue weighted by Crippen LogP contribution is -2.54. The van der Waals surface area contributed by atoms with Crippen molar-refractivity contribution in [1.82, 2.24) is 14.9 Å². The Morgan fingerprint density at radius 3 is 2.53 bits per heavy atom. The molecule has 1 aliphatic carbocycles. The summed E-state index contributed by atoms with van der Waals surface area (Å²) < 4.78 is 25.1. The lowest BCUT2D eigenvalue weighted by molar-refractivity contribution is -0.126. The molecule has 7 heteroatoms. The number of rotatable bonds is 5. The Labute approximate surface area is 115 Å². The van der Waals surface area contributed by atoms with E-state index in [0.717, 1.165) is 32.2 Å². The molecular weight excluding hydrogens is 266 g/mol. The summed E-state index contributed by atoms with van der Waals surface area (Å²) in [4.78, 5) is 14.1. The van der Waals surface area contributed by atoms with Gasteiger partial charge in [-0.3, -0.25) is 9.69 Å². The van der Waals surface area contributed by atoms with Crippen molar-refractivity contribution < 1.29 is 13.2 Å². The molecule has 0 bridgehead atoms. The molecule has 2 fully saturated rings. The zero-order valence-electron chi connectivity index (χ0n) is 11.6. The van der Waals surface area contributed by atoms with Crippen molar-refractivity contribution in [3.05, 3.63) is 0 Å². The second-order valence-electron chi connectivity index (χ2n) is 5.68. The van der Waals surface area contributed by atoms with Crippen LogP contribution in [-0.2, 0) is 14.8 Å². The van der Waals surface area contributed by atoms with Gasteiger partial charge in [0.15, 0.2) is 0 Å². The van der Waals surface area contributed by atoms with Gasteiger partial charge in [-0.15, -0.1) is 0 Å². The second kappa shape index (κ2) is 5.76. The van der Waals surface area contributed by atoms with Gasteiger partial charge < -0.3 is 5.32 Å². The van der Waals surface area contributed by atoms with E-state index in [1.807, 2.05) is 6.92 Å². The van der Waals surface area contributed by atoms with Crippen molar-refractivity contribution in [1.29, 1.82) is 0 Å². The Morgan fingerprint density at radius 1 is 1.26 bits per heavy atom. The largest absolute Gasteiger partial charge is 0.352 e. The smallest absolute Gasteiger partial charge is 0.237 e. The quantitative estimate of drug-likeness (QED) is 0.726. The molecule has 110 valence electrons. The molecule has 1 heterocycles. The molecule has 0 aromatic rings. The Bertz CT molecular complexity index is 434. The van der Waals surface area contributed by atoms with Gasteiger partial charge in [-0.25, -0.2) is 13.1 Å². The molecule has 1 amide bonds. The van der Waals surface area contributed by atoms with Crippen molar-refractivity contribution in [2.45, 2.75) is 50.7 Å². The zero-order valence-corrected chi connectivity index (χ0v) is 12.4. The minimum absolute atomic E-state index is 0.0579. The molecule has 0 radical (unpaired) electrons. The first-order chi connectivity index (χ1) is 8.85. The van der Waals surface area contributed by atoms with Crippen LogP contribution in [0.3, 0.4) is 0 Å². The molecule has 0 aromatic carbocycles. The first-order valence-corrected chi connectivity index (χ1v) is 8.76. The van der Waals surface area contributed by atoms with Crippen LogP contribution >= 0.6 is 0 Å². The van der Waals surface area contributed by atoms with Crippen molar-refractivity contribution >= 4 is 15.9 Å². The zero-order chi connectivity index (χ0) is 14.0. The highest BCUT2D eigenvalue weighted by Crippen LogP contribution is 2.20. The maximum absolute atomic E-state index is 12.0. The highest BCUT2D eigenvalue weighted by Gasteiger charge is 2.31. The van der Waals surface area contributed by atoms with Crippen LogP contribution in [0.25, 0.3) is 0 Å². The summed E-state index contributed by atoms with van der Waals surface area (Å²) in [6, 6.07) is 0.0920. The molecule has 0 spiro atoms. The number of amides is 1. The Morgan fingerprint density at radius 2 is 1.95 bits per heavy atom. The number of nitrogens with one attached hydrogen (secondary N) is 2. The Kier molecular flexibility index (Phi) is 4.47. The fraction of sp³-hybridized carbons (Fsp3) is 0.917. The van der Waals surface area contributed by atoms with Gasteiger partial charge in [-0.1, -0.05) is 0 Å². The van der Waals surface area contributed by atoms with E-state index in [1.54, 1.807) is 0 Å². The summed E-state index contributed by atoms with van der Waals surface area (Å²) in [5.41, 5.74) is 0. The molecule has 2 atom stereocenters. The van der Waals surface area contributed by atoms with Gasteiger partial charge >= 0.3 is 0 Å². The predicted octanol–water partition coefficient (Wildman–Crippen LogP) is -0.333. The summed E-state index contributed by atoms with van der Waals surface area (Å²) >= 11 is 0. The van der Waals surface area contributed by atoms with Crippen molar-refractivity contribution in [3.63, 3.8) is 0 Å². The lowest BCUT2D eigenvalue weighted by atomic mass is 10.0. The highest BCUT2D eigenvalue weighted by atomic mass is 32.2. The molecule has 0 aromatic heterocycles. The van der Waals surface area contributed by atoms with E-state index in [4.69, 9.17) is 0 Å². The minimum Gasteiger partial charge on any atom is -0.352 e. The van der Waals surface area contributed by atoms with E-state index in [1.165, 1.54) is 6.26 Å². The van der Waals surface area contributed by atoms with E-state index >= 15 is 0 Å². The standard InChI is InChI=1S/C12H23N3O3S/c1-9(12(16)13-10-5-6-10)15-7-3-4-11(8-15)14-19(2,17)18/h9-11,14H,3-8H2,1-2H3,(H,13,16). The van der Waals surface area contributed by atoms with E-state index in [-0.39, 0.29) is 18.0 Å². The molecule has 1 saturated heterocycles. The molecule has 1 aliphatic heterocycles. The normalized spacial score (nSPS) is 26.9. The van der Waals surface area contributed by atoms with Gasteiger partial charge in [0.25, 0.3) is 0 Å². The maximum atomic E-state index is 12.0. The third-order valence-corrected chi connectivity index (χ3v) is 4.45. The number of carbonyl (C=O) groups excluding carboxylic acids is 1. The molecule has 1 saturated carbocycles. The van der Waals surface area contributed by atoms with E-state index < -0.39 is 10.0 Å². The molecule has 2 unspecified atom stereocenters. The first kappa shape index (κ1) is 14.7. The Balaban J connectivity index is 1.86. The fourth-order valence-corrected chi connectivity index (χ4v) is 3.27.